The monoisotopic (exact) mass is 341 g/mol. The van der Waals surface area contributed by atoms with Crippen LogP contribution in [0.4, 0.5) is 0 Å². The largest absolute Gasteiger partial charge is 0.490 e. The van der Waals surface area contributed by atoms with Gasteiger partial charge in [0.1, 0.15) is 18.5 Å². The maximum absolute atomic E-state index is 12.2. The first-order chi connectivity index (χ1) is 10.9. The highest BCUT2D eigenvalue weighted by molar-refractivity contribution is 7.88. The van der Waals surface area contributed by atoms with Crippen LogP contribution in [0.1, 0.15) is 19.8 Å². The molecular weight excluding hydrogens is 318 g/mol. The SMILES string of the molecule is C[C@H](COc1ccccc1)OC(=O)[C@H]1CCCN(S(C)(=O)=O)C1. The van der Waals surface area contributed by atoms with Crippen molar-refractivity contribution >= 4 is 16.0 Å². The Labute approximate surface area is 137 Å². The van der Waals surface area contributed by atoms with E-state index in [1.54, 1.807) is 6.92 Å². The predicted octanol–water partition coefficient (Wildman–Crippen LogP) is 1.67. The van der Waals surface area contributed by atoms with Crippen LogP contribution in [0.15, 0.2) is 30.3 Å². The number of hydrogen-bond donors (Lipinski definition) is 0. The summed E-state index contributed by atoms with van der Waals surface area (Å²) >= 11 is 0. The van der Waals surface area contributed by atoms with Crippen LogP contribution in [-0.2, 0) is 19.6 Å². The second-order valence-corrected chi connectivity index (χ2v) is 7.81. The van der Waals surface area contributed by atoms with E-state index >= 15 is 0 Å². The summed E-state index contributed by atoms with van der Waals surface area (Å²) < 4.78 is 35.5. The number of hydrogen-bond acceptors (Lipinski definition) is 5. The van der Waals surface area contributed by atoms with Crippen molar-refractivity contribution < 1.29 is 22.7 Å². The highest BCUT2D eigenvalue weighted by Gasteiger charge is 2.31. The molecule has 1 heterocycles. The molecule has 0 aromatic heterocycles. The zero-order valence-electron chi connectivity index (χ0n) is 13.5. The van der Waals surface area contributed by atoms with Crippen molar-refractivity contribution in [1.82, 2.24) is 4.31 Å². The molecule has 1 fully saturated rings. The molecule has 0 amide bonds. The number of piperidine rings is 1. The van der Waals surface area contributed by atoms with Gasteiger partial charge in [0, 0.05) is 13.1 Å². The quantitative estimate of drug-likeness (QED) is 0.736. The molecule has 1 aliphatic rings. The number of carbonyl (C=O) groups is 1. The Bertz CT molecular complexity index is 617. The lowest BCUT2D eigenvalue weighted by Crippen LogP contribution is -2.43. The lowest BCUT2D eigenvalue weighted by molar-refractivity contribution is -0.155. The zero-order valence-corrected chi connectivity index (χ0v) is 14.3. The molecule has 7 heteroatoms. The topological polar surface area (TPSA) is 72.9 Å². The molecule has 0 spiro atoms. The zero-order chi connectivity index (χ0) is 16.9. The average Bonchev–Trinajstić information content (AvgIpc) is 2.53. The van der Waals surface area contributed by atoms with Crippen LogP contribution >= 0.6 is 0 Å². The molecule has 0 bridgehead atoms. The molecule has 0 radical (unpaired) electrons. The Morgan fingerprint density at radius 3 is 2.70 bits per heavy atom. The van der Waals surface area contributed by atoms with E-state index in [1.807, 2.05) is 30.3 Å². The van der Waals surface area contributed by atoms with Crippen molar-refractivity contribution in [3.63, 3.8) is 0 Å². The lowest BCUT2D eigenvalue weighted by Gasteiger charge is -2.30. The fraction of sp³-hybridized carbons (Fsp3) is 0.562. The second-order valence-electron chi connectivity index (χ2n) is 5.83. The summed E-state index contributed by atoms with van der Waals surface area (Å²) in [5.41, 5.74) is 0. The maximum Gasteiger partial charge on any atom is 0.310 e. The summed E-state index contributed by atoms with van der Waals surface area (Å²) in [5, 5.41) is 0. The van der Waals surface area contributed by atoms with E-state index in [4.69, 9.17) is 9.47 Å². The molecule has 1 aromatic rings. The number of benzene rings is 1. The summed E-state index contributed by atoms with van der Waals surface area (Å²) in [6.07, 6.45) is 2.09. The smallest absolute Gasteiger partial charge is 0.310 e. The summed E-state index contributed by atoms with van der Waals surface area (Å²) in [4.78, 5) is 12.2. The van der Waals surface area contributed by atoms with Gasteiger partial charge < -0.3 is 9.47 Å². The maximum atomic E-state index is 12.2. The first-order valence-corrected chi connectivity index (χ1v) is 9.54. The number of sulfonamides is 1. The third kappa shape index (κ3) is 5.51. The number of carbonyl (C=O) groups excluding carboxylic acids is 1. The van der Waals surface area contributed by atoms with Crippen molar-refractivity contribution in [1.29, 1.82) is 0 Å². The van der Waals surface area contributed by atoms with Crippen LogP contribution in [0.25, 0.3) is 0 Å². The number of esters is 1. The molecule has 6 nitrogen and oxygen atoms in total. The van der Waals surface area contributed by atoms with Crippen molar-refractivity contribution in [2.45, 2.75) is 25.9 Å². The van der Waals surface area contributed by atoms with Crippen molar-refractivity contribution in [2.24, 2.45) is 5.92 Å². The highest BCUT2D eigenvalue weighted by atomic mass is 32.2. The van der Waals surface area contributed by atoms with E-state index in [0.29, 0.717) is 19.4 Å². The van der Waals surface area contributed by atoms with Gasteiger partial charge in [0.05, 0.1) is 12.2 Å². The van der Waals surface area contributed by atoms with Crippen molar-refractivity contribution in [2.75, 3.05) is 26.0 Å². The molecule has 0 unspecified atom stereocenters. The van der Waals surface area contributed by atoms with E-state index in [2.05, 4.69) is 0 Å². The Hall–Kier alpha value is -1.60. The fourth-order valence-corrected chi connectivity index (χ4v) is 3.41. The van der Waals surface area contributed by atoms with Gasteiger partial charge in [-0.1, -0.05) is 18.2 Å². The van der Waals surface area contributed by atoms with Gasteiger partial charge in [0.25, 0.3) is 0 Å². The van der Waals surface area contributed by atoms with Crippen LogP contribution in [0.5, 0.6) is 5.75 Å². The van der Waals surface area contributed by atoms with Gasteiger partial charge in [-0.15, -0.1) is 0 Å². The molecule has 1 aromatic carbocycles. The minimum atomic E-state index is -3.27. The van der Waals surface area contributed by atoms with Gasteiger partial charge in [0.15, 0.2) is 0 Å². The van der Waals surface area contributed by atoms with Crippen LogP contribution in [-0.4, -0.2) is 50.7 Å². The number of para-hydroxylation sites is 1. The van der Waals surface area contributed by atoms with Crippen LogP contribution < -0.4 is 4.74 Å². The van der Waals surface area contributed by atoms with E-state index in [0.717, 1.165) is 12.0 Å². The molecule has 2 rings (SSSR count). The minimum absolute atomic E-state index is 0.198. The van der Waals surface area contributed by atoms with E-state index in [9.17, 15) is 13.2 Å². The van der Waals surface area contributed by atoms with Crippen LogP contribution in [0.2, 0.25) is 0 Å². The average molecular weight is 341 g/mol. The Morgan fingerprint density at radius 1 is 1.35 bits per heavy atom. The van der Waals surface area contributed by atoms with Gasteiger partial charge in [-0.05, 0) is 31.9 Å². The Balaban J connectivity index is 1.81. The summed E-state index contributed by atoms with van der Waals surface area (Å²) in [6, 6.07) is 9.30. The molecule has 2 atom stereocenters. The van der Waals surface area contributed by atoms with E-state index in [1.165, 1.54) is 4.31 Å². The predicted molar refractivity (Wildman–Crippen MR) is 86.6 cm³/mol. The molecule has 1 aliphatic heterocycles. The van der Waals surface area contributed by atoms with Crippen LogP contribution in [0, 0.1) is 5.92 Å². The Kier molecular flexibility index (Phi) is 6.01. The molecule has 128 valence electrons. The highest BCUT2D eigenvalue weighted by Crippen LogP contribution is 2.20. The van der Waals surface area contributed by atoms with Gasteiger partial charge >= 0.3 is 5.97 Å². The number of rotatable bonds is 6. The van der Waals surface area contributed by atoms with Gasteiger partial charge in [0.2, 0.25) is 10.0 Å². The fourth-order valence-electron chi connectivity index (χ4n) is 2.49. The van der Waals surface area contributed by atoms with Crippen LogP contribution in [0.3, 0.4) is 0 Å². The molecule has 1 saturated heterocycles. The normalized spacial score (nSPS) is 20.7. The summed E-state index contributed by atoms with van der Waals surface area (Å²) in [6.45, 7) is 2.69. The number of nitrogens with zero attached hydrogens (tertiary/aromatic N) is 1. The molecule has 23 heavy (non-hydrogen) atoms. The first-order valence-electron chi connectivity index (χ1n) is 7.69. The molecule has 0 N–H and O–H groups in total. The summed E-state index contributed by atoms with van der Waals surface area (Å²) in [5.74, 6) is -0.0449. The van der Waals surface area contributed by atoms with Crippen molar-refractivity contribution in [3.05, 3.63) is 30.3 Å². The standard InChI is InChI=1S/C16H23NO5S/c1-13(12-21-15-8-4-3-5-9-15)22-16(18)14-7-6-10-17(11-14)23(2,19)20/h3-5,8-9,13-14H,6-7,10-12H2,1-2H3/t13-,14+/m1/s1. The third-order valence-electron chi connectivity index (χ3n) is 3.73. The minimum Gasteiger partial charge on any atom is -0.490 e. The summed E-state index contributed by atoms with van der Waals surface area (Å²) in [7, 11) is -3.27. The van der Waals surface area contributed by atoms with E-state index in [-0.39, 0.29) is 19.1 Å². The number of ether oxygens (including phenoxy) is 2. The molecular formula is C16H23NO5S. The van der Waals surface area contributed by atoms with Gasteiger partial charge in [-0.3, -0.25) is 4.79 Å². The van der Waals surface area contributed by atoms with E-state index < -0.39 is 22.0 Å². The molecule has 0 saturated carbocycles. The van der Waals surface area contributed by atoms with Crippen molar-refractivity contribution in [3.8, 4) is 5.75 Å². The van der Waals surface area contributed by atoms with Gasteiger partial charge in [-0.2, -0.15) is 0 Å². The second kappa shape index (κ2) is 7.79. The van der Waals surface area contributed by atoms with Gasteiger partial charge in [-0.25, -0.2) is 12.7 Å². The molecule has 0 aliphatic carbocycles. The third-order valence-corrected chi connectivity index (χ3v) is 5.00. The lowest BCUT2D eigenvalue weighted by atomic mass is 10.00. The Morgan fingerprint density at radius 2 is 2.04 bits per heavy atom. The first kappa shape index (κ1) is 17.7.